The topological polar surface area (TPSA) is 64.9 Å². The number of hydrogen-bond donors (Lipinski definition) is 1. The quantitative estimate of drug-likeness (QED) is 0.741. The number of aryl methyl sites for hydroxylation is 2. The number of imidazole rings is 1. The lowest BCUT2D eigenvalue weighted by molar-refractivity contribution is -0.140. The van der Waals surface area contributed by atoms with E-state index in [0.29, 0.717) is 37.0 Å². The minimum absolute atomic E-state index is 0.259. The molecule has 1 N–H and O–H groups in total. The van der Waals surface area contributed by atoms with Gasteiger partial charge in [-0.25, -0.2) is 9.97 Å². The minimum atomic E-state index is -4.46. The average molecular weight is 389 g/mol. The predicted octanol–water partition coefficient (Wildman–Crippen LogP) is 3.39. The van der Waals surface area contributed by atoms with Crippen molar-refractivity contribution in [2.75, 3.05) is 0 Å². The van der Waals surface area contributed by atoms with Gasteiger partial charge in [0.05, 0.1) is 11.3 Å². The standard InChI is InChI=1S/C19H18F3N5O/c1-11-24-15-8-23-7-14(15)18(25-11)28-10-12-3-5-13(6-4-12)17-26-16(9-27(17)2)19(20,21)22/h3-6,9,23H,7-8,10H2,1-2H3. The van der Waals surface area contributed by atoms with Crippen LogP contribution < -0.4 is 10.1 Å². The zero-order valence-corrected chi connectivity index (χ0v) is 15.3. The molecule has 28 heavy (non-hydrogen) atoms. The van der Waals surface area contributed by atoms with E-state index in [-0.39, 0.29) is 5.82 Å². The van der Waals surface area contributed by atoms with Crippen molar-refractivity contribution in [1.82, 2.24) is 24.8 Å². The van der Waals surface area contributed by atoms with E-state index in [0.717, 1.165) is 23.0 Å². The Morgan fingerprint density at radius 1 is 1.11 bits per heavy atom. The summed E-state index contributed by atoms with van der Waals surface area (Å²) in [6, 6.07) is 7.09. The van der Waals surface area contributed by atoms with Crippen LogP contribution in [0.1, 0.15) is 28.3 Å². The van der Waals surface area contributed by atoms with Gasteiger partial charge in [0, 0.05) is 31.9 Å². The number of fused-ring (bicyclic) bond motifs is 1. The maximum Gasteiger partial charge on any atom is 0.434 e. The van der Waals surface area contributed by atoms with E-state index in [2.05, 4.69) is 20.3 Å². The molecule has 1 aliphatic heterocycles. The van der Waals surface area contributed by atoms with Crippen LogP contribution in [0.25, 0.3) is 11.4 Å². The number of halogens is 3. The van der Waals surface area contributed by atoms with Crippen LogP contribution in [0.3, 0.4) is 0 Å². The van der Waals surface area contributed by atoms with Gasteiger partial charge in [-0.15, -0.1) is 0 Å². The van der Waals surface area contributed by atoms with Crippen molar-refractivity contribution < 1.29 is 17.9 Å². The Morgan fingerprint density at radius 2 is 1.86 bits per heavy atom. The molecule has 0 saturated carbocycles. The molecular weight excluding hydrogens is 371 g/mol. The molecule has 3 heterocycles. The van der Waals surface area contributed by atoms with Gasteiger partial charge in [-0.3, -0.25) is 0 Å². The van der Waals surface area contributed by atoms with E-state index in [4.69, 9.17) is 4.74 Å². The van der Waals surface area contributed by atoms with Crippen LogP contribution in [0, 0.1) is 6.92 Å². The van der Waals surface area contributed by atoms with Crippen LogP contribution in [0.5, 0.6) is 5.88 Å². The van der Waals surface area contributed by atoms with Crippen LogP contribution in [0.2, 0.25) is 0 Å². The third-order valence-electron chi connectivity index (χ3n) is 4.52. The van der Waals surface area contributed by atoms with E-state index >= 15 is 0 Å². The Morgan fingerprint density at radius 3 is 2.54 bits per heavy atom. The first-order valence-corrected chi connectivity index (χ1v) is 8.71. The smallest absolute Gasteiger partial charge is 0.434 e. The number of rotatable bonds is 4. The van der Waals surface area contributed by atoms with Crippen molar-refractivity contribution in [3.63, 3.8) is 0 Å². The zero-order chi connectivity index (χ0) is 19.9. The average Bonchev–Trinajstić information content (AvgIpc) is 3.26. The lowest BCUT2D eigenvalue weighted by Crippen LogP contribution is -2.05. The summed E-state index contributed by atoms with van der Waals surface area (Å²) < 4.78 is 45.8. The second-order valence-corrected chi connectivity index (χ2v) is 6.65. The fraction of sp³-hybridized carbons (Fsp3) is 0.316. The fourth-order valence-electron chi connectivity index (χ4n) is 3.15. The third-order valence-corrected chi connectivity index (χ3v) is 4.52. The molecule has 6 nitrogen and oxygen atoms in total. The van der Waals surface area contributed by atoms with Gasteiger partial charge in [-0.05, 0) is 12.5 Å². The van der Waals surface area contributed by atoms with E-state index in [1.807, 2.05) is 19.1 Å². The maximum absolute atomic E-state index is 12.8. The van der Waals surface area contributed by atoms with E-state index < -0.39 is 11.9 Å². The Labute approximate surface area is 159 Å². The first-order chi connectivity index (χ1) is 13.3. The highest BCUT2D eigenvalue weighted by Crippen LogP contribution is 2.30. The molecule has 0 radical (unpaired) electrons. The number of hydrogen-bond acceptors (Lipinski definition) is 5. The van der Waals surface area contributed by atoms with E-state index in [1.165, 1.54) is 4.57 Å². The summed E-state index contributed by atoms with van der Waals surface area (Å²) in [5, 5.41) is 3.23. The molecule has 3 aromatic rings. The number of aromatic nitrogens is 4. The van der Waals surface area contributed by atoms with Crippen LogP contribution in [-0.4, -0.2) is 19.5 Å². The van der Waals surface area contributed by atoms with Gasteiger partial charge in [-0.2, -0.15) is 18.2 Å². The first kappa shape index (κ1) is 18.4. The monoisotopic (exact) mass is 389 g/mol. The van der Waals surface area contributed by atoms with Gasteiger partial charge in [0.15, 0.2) is 5.69 Å². The second-order valence-electron chi connectivity index (χ2n) is 6.65. The zero-order valence-electron chi connectivity index (χ0n) is 15.3. The van der Waals surface area contributed by atoms with Crippen molar-refractivity contribution in [2.24, 2.45) is 7.05 Å². The summed E-state index contributed by atoms with van der Waals surface area (Å²) in [6.07, 6.45) is -3.48. The van der Waals surface area contributed by atoms with Crippen LogP contribution >= 0.6 is 0 Å². The Bertz CT molecular complexity index is 1010. The van der Waals surface area contributed by atoms with Gasteiger partial charge >= 0.3 is 6.18 Å². The number of benzene rings is 1. The molecular formula is C19H18F3N5O. The van der Waals surface area contributed by atoms with Gasteiger partial charge < -0.3 is 14.6 Å². The number of nitrogens with zero attached hydrogens (tertiary/aromatic N) is 4. The third kappa shape index (κ3) is 3.57. The summed E-state index contributed by atoms with van der Waals surface area (Å²) in [4.78, 5) is 12.5. The van der Waals surface area contributed by atoms with Gasteiger partial charge in [-0.1, -0.05) is 24.3 Å². The van der Waals surface area contributed by atoms with E-state index in [1.54, 1.807) is 19.2 Å². The summed E-state index contributed by atoms with van der Waals surface area (Å²) in [5.74, 6) is 1.48. The molecule has 4 rings (SSSR count). The highest BCUT2D eigenvalue weighted by atomic mass is 19.4. The molecule has 0 bridgehead atoms. The molecule has 0 atom stereocenters. The van der Waals surface area contributed by atoms with Crippen molar-refractivity contribution in [3.8, 4) is 17.3 Å². The molecule has 2 aromatic heterocycles. The second kappa shape index (κ2) is 6.90. The highest BCUT2D eigenvalue weighted by Gasteiger charge is 2.34. The molecule has 9 heteroatoms. The van der Waals surface area contributed by atoms with E-state index in [9.17, 15) is 13.2 Å². The highest BCUT2D eigenvalue weighted by molar-refractivity contribution is 5.56. The first-order valence-electron chi connectivity index (χ1n) is 8.71. The largest absolute Gasteiger partial charge is 0.472 e. The number of alkyl halides is 3. The SMILES string of the molecule is Cc1nc2c(c(OCc3ccc(-c4nc(C(F)(F)F)cn4C)cc3)n1)CNC2. The minimum Gasteiger partial charge on any atom is -0.472 e. The lowest BCUT2D eigenvalue weighted by atomic mass is 10.1. The summed E-state index contributed by atoms with van der Waals surface area (Å²) in [5.41, 5.74) is 2.50. The molecule has 0 amide bonds. The van der Waals surface area contributed by atoms with Crippen LogP contribution in [-0.2, 0) is 32.9 Å². The Kier molecular flexibility index (Phi) is 4.54. The molecule has 1 aliphatic rings. The molecule has 0 unspecified atom stereocenters. The lowest BCUT2D eigenvalue weighted by Gasteiger charge is -2.10. The summed E-state index contributed by atoms with van der Waals surface area (Å²) >= 11 is 0. The van der Waals surface area contributed by atoms with Crippen molar-refractivity contribution in [1.29, 1.82) is 0 Å². The van der Waals surface area contributed by atoms with Gasteiger partial charge in [0.25, 0.3) is 0 Å². The van der Waals surface area contributed by atoms with Gasteiger partial charge in [0.2, 0.25) is 5.88 Å². The van der Waals surface area contributed by atoms with Crippen molar-refractivity contribution >= 4 is 0 Å². The molecule has 0 fully saturated rings. The Hall–Kier alpha value is -2.94. The molecule has 146 valence electrons. The van der Waals surface area contributed by atoms with Crippen LogP contribution in [0.4, 0.5) is 13.2 Å². The molecule has 0 aliphatic carbocycles. The molecule has 0 saturated heterocycles. The summed E-state index contributed by atoms with van der Waals surface area (Å²) in [6.45, 7) is 3.50. The fourth-order valence-corrected chi connectivity index (χ4v) is 3.15. The number of ether oxygens (including phenoxy) is 1. The molecule has 1 aromatic carbocycles. The molecule has 0 spiro atoms. The Balaban J connectivity index is 1.50. The van der Waals surface area contributed by atoms with Gasteiger partial charge in [0.1, 0.15) is 18.3 Å². The van der Waals surface area contributed by atoms with Crippen molar-refractivity contribution in [2.45, 2.75) is 32.8 Å². The normalized spacial score (nSPS) is 13.6. The predicted molar refractivity (Wildman–Crippen MR) is 95.3 cm³/mol. The van der Waals surface area contributed by atoms with Crippen molar-refractivity contribution in [3.05, 3.63) is 58.8 Å². The maximum atomic E-state index is 12.8. The number of nitrogens with one attached hydrogen (secondary N) is 1. The van der Waals surface area contributed by atoms with Crippen LogP contribution in [0.15, 0.2) is 30.5 Å². The summed E-state index contributed by atoms with van der Waals surface area (Å²) in [7, 11) is 1.54.